The molecular formula is C33H54N4O7S. The first-order valence-corrected chi connectivity index (χ1v) is 18.0. The molecule has 0 radical (unpaired) electrons. The number of carbonyl (C=O) groups excluding carboxylic acids is 3. The number of benzene rings is 1. The summed E-state index contributed by atoms with van der Waals surface area (Å²) >= 11 is 0. The first-order valence-electron chi connectivity index (χ1n) is 16.1. The molecule has 1 saturated carbocycles. The molecule has 3 rings (SSSR count). The maximum absolute atomic E-state index is 13.9. The van der Waals surface area contributed by atoms with Gasteiger partial charge in [-0.1, -0.05) is 49.6 Å². The summed E-state index contributed by atoms with van der Waals surface area (Å²) in [6.07, 6.45) is 4.42. The summed E-state index contributed by atoms with van der Waals surface area (Å²) in [7, 11) is -3.83. The van der Waals surface area contributed by atoms with Crippen molar-refractivity contribution >= 4 is 27.7 Å². The van der Waals surface area contributed by atoms with E-state index in [2.05, 4.69) is 20.9 Å². The fourth-order valence-corrected chi connectivity index (χ4v) is 7.07. The highest BCUT2D eigenvalue weighted by atomic mass is 32.2. The summed E-state index contributed by atoms with van der Waals surface area (Å²) in [5.74, 6) is 0.0542. The lowest BCUT2D eigenvalue weighted by molar-refractivity contribution is -0.133. The molecule has 2 fully saturated rings. The average Bonchev–Trinajstić information content (AvgIpc) is 2.94. The maximum Gasteiger partial charge on any atom is 0.407 e. The number of carbonyl (C=O) groups is 3. The number of piperidine rings is 1. The van der Waals surface area contributed by atoms with Crippen molar-refractivity contribution < 1.29 is 32.6 Å². The summed E-state index contributed by atoms with van der Waals surface area (Å²) in [6.45, 7) is 11.0. The zero-order valence-electron chi connectivity index (χ0n) is 28.0. The van der Waals surface area contributed by atoms with Gasteiger partial charge in [0.1, 0.15) is 6.04 Å². The third-order valence-corrected chi connectivity index (χ3v) is 11.4. The fraction of sp³-hybridized carbons (Fsp3) is 0.727. The van der Waals surface area contributed by atoms with Crippen LogP contribution in [0.5, 0.6) is 0 Å². The van der Waals surface area contributed by atoms with Crippen molar-refractivity contribution in [3.8, 4) is 0 Å². The van der Waals surface area contributed by atoms with Crippen molar-refractivity contribution in [2.24, 2.45) is 11.8 Å². The third-order valence-electron chi connectivity index (χ3n) is 9.27. The number of ether oxygens (including phenoxy) is 1. The summed E-state index contributed by atoms with van der Waals surface area (Å²) in [6, 6.07) is 6.58. The van der Waals surface area contributed by atoms with E-state index in [1.54, 1.807) is 6.92 Å². The van der Waals surface area contributed by atoms with Crippen molar-refractivity contribution in [3.63, 3.8) is 0 Å². The molecule has 0 aromatic heterocycles. The van der Waals surface area contributed by atoms with E-state index in [1.807, 2.05) is 51.1 Å². The van der Waals surface area contributed by atoms with E-state index >= 15 is 0 Å². The number of nitrogens with zero attached hydrogens (tertiary/aromatic N) is 1. The van der Waals surface area contributed by atoms with Gasteiger partial charge in [-0.3, -0.25) is 14.5 Å². The van der Waals surface area contributed by atoms with E-state index in [1.165, 1.54) is 13.8 Å². The lowest BCUT2D eigenvalue weighted by Crippen LogP contribution is -2.64. The van der Waals surface area contributed by atoms with Crippen molar-refractivity contribution in [1.29, 1.82) is 0 Å². The maximum atomic E-state index is 13.9. The Labute approximate surface area is 269 Å². The smallest absolute Gasteiger partial charge is 0.407 e. The minimum Gasteiger partial charge on any atom is -0.450 e. The monoisotopic (exact) mass is 650 g/mol. The Balaban J connectivity index is 1.91. The number of alkyl carbamates (subject to hydrolysis) is 1. The molecule has 254 valence electrons. The van der Waals surface area contributed by atoms with Crippen LogP contribution in [0, 0.1) is 11.8 Å². The van der Waals surface area contributed by atoms with Crippen LogP contribution >= 0.6 is 0 Å². The molecule has 1 aromatic rings. The van der Waals surface area contributed by atoms with Gasteiger partial charge in [0.15, 0.2) is 9.84 Å². The number of fused-ring (bicyclic) bond motifs is 1. The first kappa shape index (κ1) is 36.8. The zero-order valence-corrected chi connectivity index (χ0v) is 28.8. The molecule has 3 amide bonds. The van der Waals surface area contributed by atoms with Crippen molar-refractivity contribution in [2.45, 2.75) is 115 Å². The third kappa shape index (κ3) is 10.1. The number of aliphatic hydroxyl groups is 1. The van der Waals surface area contributed by atoms with Gasteiger partial charge in [-0.05, 0) is 78.2 Å². The lowest BCUT2D eigenvalue weighted by Gasteiger charge is -2.47. The molecule has 1 aliphatic carbocycles. The average molecular weight is 651 g/mol. The van der Waals surface area contributed by atoms with Crippen LogP contribution in [0.2, 0.25) is 0 Å². The summed E-state index contributed by atoms with van der Waals surface area (Å²) in [5.41, 5.74) is 0.439. The Kier molecular flexibility index (Phi) is 12.5. The van der Waals surface area contributed by atoms with E-state index in [0.29, 0.717) is 24.8 Å². The van der Waals surface area contributed by atoms with Crippen LogP contribution in [0.1, 0.15) is 79.2 Å². The SMILES string of the molecule is CCOC(=O)NC(C(=O)NC(Cc1ccccc1)C(O)CN1CC2CCCCC2CC1C(=O)NC(C)(C)C)C(C)(C)S(C)(=O)=O. The first-order chi connectivity index (χ1) is 20.9. The van der Waals surface area contributed by atoms with Gasteiger partial charge in [0.05, 0.1) is 29.5 Å². The molecule has 0 spiro atoms. The van der Waals surface area contributed by atoms with Gasteiger partial charge < -0.3 is 25.8 Å². The lowest BCUT2D eigenvalue weighted by atomic mass is 9.72. The second-order valence-electron chi connectivity index (χ2n) is 14.3. The largest absolute Gasteiger partial charge is 0.450 e. The molecule has 45 heavy (non-hydrogen) atoms. The number of amides is 3. The predicted molar refractivity (Wildman–Crippen MR) is 174 cm³/mol. The molecule has 1 heterocycles. The Hall–Kier alpha value is -2.70. The Morgan fingerprint density at radius 2 is 1.64 bits per heavy atom. The van der Waals surface area contributed by atoms with Gasteiger partial charge in [0.25, 0.3) is 0 Å². The van der Waals surface area contributed by atoms with Crippen LogP contribution < -0.4 is 16.0 Å². The van der Waals surface area contributed by atoms with Crippen LogP contribution in [0.25, 0.3) is 0 Å². The molecule has 2 aliphatic rings. The Bertz CT molecular complexity index is 1270. The van der Waals surface area contributed by atoms with Crippen LogP contribution in [-0.2, 0) is 30.6 Å². The second kappa shape index (κ2) is 15.3. The van der Waals surface area contributed by atoms with Gasteiger partial charge in [0.2, 0.25) is 11.8 Å². The van der Waals surface area contributed by atoms with E-state index in [-0.39, 0.29) is 25.5 Å². The standard InChI is InChI=1S/C33H54N4O7S/c1-8-44-31(41)35-28(33(5,6)45(7,42)43)30(40)34-25(18-22-14-10-9-11-15-22)27(38)21-37-20-24-17-13-12-16-23(24)19-26(37)29(39)36-32(2,3)4/h9-11,14-15,23-28,38H,8,12-13,16-21H2,1-7H3,(H,34,40)(H,35,41)(H,36,39). The van der Waals surface area contributed by atoms with Crippen LogP contribution in [0.15, 0.2) is 30.3 Å². The molecule has 1 aliphatic heterocycles. The number of hydrogen-bond acceptors (Lipinski definition) is 8. The minimum atomic E-state index is -3.83. The molecule has 6 unspecified atom stereocenters. The number of β-amino-alcohol motifs (C(OH)–C–C–N with tert-alkyl or cyclic N) is 1. The number of nitrogens with one attached hydrogen (secondary N) is 3. The molecule has 0 bridgehead atoms. The van der Waals surface area contributed by atoms with Gasteiger partial charge in [-0.2, -0.15) is 0 Å². The van der Waals surface area contributed by atoms with Crippen molar-refractivity contribution in [2.75, 3.05) is 26.0 Å². The van der Waals surface area contributed by atoms with E-state index in [4.69, 9.17) is 4.74 Å². The molecule has 11 nitrogen and oxygen atoms in total. The minimum absolute atomic E-state index is 0.0382. The second-order valence-corrected chi connectivity index (χ2v) is 16.9. The summed E-state index contributed by atoms with van der Waals surface area (Å²) in [5, 5.41) is 20.2. The van der Waals surface area contributed by atoms with E-state index in [0.717, 1.165) is 37.5 Å². The Morgan fingerprint density at radius 3 is 2.22 bits per heavy atom. The highest BCUT2D eigenvalue weighted by molar-refractivity contribution is 7.92. The van der Waals surface area contributed by atoms with E-state index < -0.39 is 56.4 Å². The number of aliphatic hydroxyl groups excluding tert-OH is 1. The number of sulfone groups is 1. The fourth-order valence-electron chi connectivity index (χ4n) is 6.47. The van der Waals surface area contributed by atoms with Gasteiger partial charge in [0, 0.05) is 24.9 Å². The number of rotatable bonds is 12. The molecule has 12 heteroatoms. The normalized spacial score (nSPS) is 23.2. The van der Waals surface area contributed by atoms with Crippen molar-refractivity contribution in [3.05, 3.63) is 35.9 Å². The molecule has 1 aromatic carbocycles. The van der Waals surface area contributed by atoms with Crippen LogP contribution in [0.3, 0.4) is 0 Å². The Morgan fingerprint density at radius 1 is 1.02 bits per heavy atom. The molecule has 1 saturated heterocycles. The van der Waals surface area contributed by atoms with Gasteiger partial charge in [-0.25, -0.2) is 13.2 Å². The zero-order chi connectivity index (χ0) is 33.6. The van der Waals surface area contributed by atoms with Gasteiger partial charge >= 0.3 is 6.09 Å². The number of likely N-dealkylation sites (tertiary alicyclic amines) is 1. The topological polar surface area (TPSA) is 154 Å². The highest BCUT2D eigenvalue weighted by Crippen LogP contribution is 2.39. The molecule has 4 N–H and O–H groups in total. The quantitative estimate of drug-likeness (QED) is 0.269. The summed E-state index contributed by atoms with van der Waals surface area (Å²) in [4.78, 5) is 41.9. The number of hydrogen-bond donors (Lipinski definition) is 4. The summed E-state index contributed by atoms with van der Waals surface area (Å²) < 4.78 is 28.8. The predicted octanol–water partition coefficient (Wildman–Crippen LogP) is 2.81. The van der Waals surface area contributed by atoms with Gasteiger partial charge in [-0.15, -0.1) is 0 Å². The molecule has 6 atom stereocenters. The molecular weight excluding hydrogens is 596 g/mol. The van der Waals surface area contributed by atoms with Crippen LogP contribution in [0.4, 0.5) is 4.79 Å². The highest BCUT2D eigenvalue weighted by Gasteiger charge is 2.46. The van der Waals surface area contributed by atoms with E-state index in [9.17, 15) is 27.9 Å². The van der Waals surface area contributed by atoms with Crippen LogP contribution in [-0.4, -0.2) is 96.8 Å². The van der Waals surface area contributed by atoms with Crippen molar-refractivity contribution in [1.82, 2.24) is 20.9 Å².